The van der Waals surface area contributed by atoms with Gasteiger partial charge in [-0.05, 0) is 67.0 Å². The van der Waals surface area contributed by atoms with Gasteiger partial charge in [0.25, 0.3) is 5.91 Å². The summed E-state index contributed by atoms with van der Waals surface area (Å²) < 4.78 is 5.68. The van der Waals surface area contributed by atoms with Gasteiger partial charge in [0.05, 0.1) is 6.10 Å². The van der Waals surface area contributed by atoms with E-state index in [1.807, 2.05) is 48.5 Å². The molecule has 3 atom stereocenters. The highest BCUT2D eigenvalue weighted by atomic mass is 35.5. The molecular formula is C23H31ClN2O3. The highest BCUT2D eigenvalue weighted by molar-refractivity contribution is 5.94. The maximum atomic E-state index is 12.3. The van der Waals surface area contributed by atoms with Gasteiger partial charge < -0.3 is 20.5 Å². The number of halogens is 1. The Labute approximate surface area is 179 Å². The number of ether oxygens (including phenoxy) is 1. The molecule has 1 aliphatic rings. The number of carbonyl (C=O) groups is 1. The molecule has 2 aromatic rings. The smallest absolute Gasteiger partial charge is 0.253 e. The van der Waals surface area contributed by atoms with Crippen LogP contribution in [0.25, 0.3) is 0 Å². The van der Waals surface area contributed by atoms with E-state index in [9.17, 15) is 9.90 Å². The predicted octanol–water partition coefficient (Wildman–Crippen LogP) is 3.59. The fourth-order valence-electron chi connectivity index (χ4n) is 3.88. The van der Waals surface area contributed by atoms with Crippen LogP contribution < -0.4 is 10.5 Å². The molecule has 0 aromatic heterocycles. The molecule has 158 valence electrons. The zero-order valence-electron chi connectivity index (χ0n) is 17.1. The van der Waals surface area contributed by atoms with Crippen LogP contribution in [0.5, 0.6) is 5.75 Å². The average molecular weight is 419 g/mol. The van der Waals surface area contributed by atoms with Gasteiger partial charge >= 0.3 is 0 Å². The average Bonchev–Trinajstić information content (AvgIpc) is 2.85. The van der Waals surface area contributed by atoms with Crippen LogP contribution in [0, 0.1) is 5.92 Å². The molecule has 6 heteroatoms. The first-order valence-corrected chi connectivity index (χ1v) is 9.90. The van der Waals surface area contributed by atoms with Crippen molar-refractivity contribution >= 4 is 18.3 Å². The van der Waals surface area contributed by atoms with Crippen molar-refractivity contribution < 1.29 is 14.6 Å². The molecule has 5 nitrogen and oxygen atoms in total. The monoisotopic (exact) mass is 418 g/mol. The van der Waals surface area contributed by atoms with E-state index >= 15 is 0 Å². The van der Waals surface area contributed by atoms with Crippen LogP contribution in [0.15, 0.2) is 48.5 Å². The zero-order chi connectivity index (χ0) is 20.1. The zero-order valence-corrected chi connectivity index (χ0v) is 17.9. The molecule has 0 saturated carbocycles. The van der Waals surface area contributed by atoms with E-state index in [1.54, 1.807) is 19.0 Å². The van der Waals surface area contributed by atoms with E-state index < -0.39 is 6.10 Å². The molecule has 2 aromatic carbocycles. The second-order valence-corrected chi connectivity index (χ2v) is 7.88. The summed E-state index contributed by atoms with van der Waals surface area (Å²) in [6.45, 7) is 0.276. The van der Waals surface area contributed by atoms with Gasteiger partial charge in [-0.1, -0.05) is 24.3 Å². The van der Waals surface area contributed by atoms with E-state index in [-0.39, 0.29) is 31.0 Å². The molecule has 0 saturated heterocycles. The lowest BCUT2D eigenvalue weighted by Crippen LogP contribution is -2.23. The third kappa shape index (κ3) is 6.20. The van der Waals surface area contributed by atoms with E-state index in [0.29, 0.717) is 17.9 Å². The van der Waals surface area contributed by atoms with Crippen molar-refractivity contribution in [2.75, 3.05) is 20.7 Å². The van der Waals surface area contributed by atoms with Crippen LogP contribution in [-0.2, 0) is 6.42 Å². The Balaban J connectivity index is 0.00000300. The number of carbonyl (C=O) groups excluding carboxylic acids is 1. The number of para-hydroxylation sites is 1. The summed E-state index contributed by atoms with van der Waals surface area (Å²) >= 11 is 0. The quantitative estimate of drug-likeness (QED) is 0.703. The molecule has 0 fully saturated rings. The van der Waals surface area contributed by atoms with E-state index in [4.69, 9.17) is 10.5 Å². The molecule has 0 radical (unpaired) electrons. The fourth-order valence-corrected chi connectivity index (χ4v) is 3.88. The number of aliphatic hydroxyl groups excluding tert-OH is 1. The van der Waals surface area contributed by atoms with Crippen LogP contribution in [-0.4, -0.2) is 42.7 Å². The Kier molecular flexibility index (Phi) is 8.50. The van der Waals surface area contributed by atoms with Gasteiger partial charge in [0.2, 0.25) is 0 Å². The maximum Gasteiger partial charge on any atom is 0.253 e. The minimum absolute atomic E-state index is 0. The maximum absolute atomic E-state index is 12.3. The first-order valence-electron chi connectivity index (χ1n) is 9.90. The van der Waals surface area contributed by atoms with Crippen molar-refractivity contribution in [2.24, 2.45) is 11.7 Å². The number of amides is 1. The van der Waals surface area contributed by atoms with Gasteiger partial charge in [-0.25, -0.2) is 0 Å². The van der Waals surface area contributed by atoms with Gasteiger partial charge in [-0.15, -0.1) is 12.4 Å². The summed E-state index contributed by atoms with van der Waals surface area (Å²) in [5, 5.41) is 10.5. The number of hydrogen-bond donors (Lipinski definition) is 2. The number of rotatable bonds is 6. The lowest BCUT2D eigenvalue weighted by atomic mass is 9.91. The molecule has 0 heterocycles. The molecule has 3 N–H and O–H groups in total. The van der Waals surface area contributed by atoms with Crippen molar-refractivity contribution in [2.45, 2.75) is 37.8 Å². The Morgan fingerprint density at radius 1 is 1.21 bits per heavy atom. The Morgan fingerprint density at radius 3 is 2.62 bits per heavy atom. The Bertz CT molecular complexity index is 798. The summed E-state index contributed by atoms with van der Waals surface area (Å²) in [5.41, 5.74) is 9.30. The molecular weight excluding hydrogens is 388 g/mol. The van der Waals surface area contributed by atoms with Gasteiger partial charge in [0.1, 0.15) is 12.4 Å². The number of benzene rings is 2. The number of fused-ring (bicyclic) bond motifs is 1. The Hall–Kier alpha value is -2.08. The van der Waals surface area contributed by atoms with Crippen LogP contribution >= 0.6 is 12.4 Å². The lowest BCUT2D eigenvalue weighted by molar-refractivity contribution is 0.0822. The van der Waals surface area contributed by atoms with E-state index in [2.05, 4.69) is 0 Å². The second-order valence-electron chi connectivity index (χ2n) is 7.88. The molecule has 0 bridgehead atoms. The number of nitrogens with zero attached hydrogens (tertiary/aromatic N) is 1. The largest absolute Gasteiger partial charge is 0.491 e. The molecule has 1 amide bonds. The number of hydrogen-bond acceptors (Lipinski definition) is 4. The molecule has 2 unspecified atom stereocenters. The van der Waals surface area contributed by atoms with Crippen LogP contribution in [0.2, 0.25) is 0 Å². The summed E-state index contributed by atoms with van der Waals surface area (Å²) in [6.07, 6.45) is 2.78. The molecule has 29 heavy (non-hydrogen) atoms. The van der Waals surface area contributed by atoms with Crippen molar-refractivity contribution in [3.8, 4) is 5.75 Å². The summed E-state index contributed by atoms with van der Waals surface area (Å²) in [4.78, 5) is 13.9. The highest BCUT2D eigenvalue weighted by Crippen LogP contribution is 2.33. The molecule has 1 aliphatic carbocycles. The predicted molar refractivity (Wildman–Crippen MR) is 118 cm³/mol. The molecule has 0 spiro atoms. The van der Waals surface area contributed by atoms with Gasteiger partial charge in [-0.2, -0.15) is 0 Å². The summed E-state index contributed by atoms with van der Waals surface area (Å²) in [7, 11) is 3.51. The minimum Gasteiger partial charge on any atom is -0.491 e. The molecule has 3 rings (SSSR count). The fraction of sp³-hybridized carbons (Fsp3) is 0.435. The standard InChI is InChI=1S/C23H30N2O3.ClH/c1-25(2)23(27)17-9-10-21-18(14-17)12-16(8-11-22(21)24)13-19(26)15-28-20-6-4-3-5-7-20;/h3-7,9-10,14,16,19,22,26H,8,11-13,15,24H2,1-2H3;1H/t16?,19-,22?;/m0./s1. The normalized spacial score (nSPS) is 19.3. The van der Waals surface area contributed by atoms with Gasteiger partial charge in [0.15, 0.2) is 0 Å². The van der Waals surface area contributed by atoms with Crippen LogP contribution in [0.4, 0.5) is 0 Å². The van der Waals surface area contributed by atoms with Crippen molar-refractivity contribution in [3.05, 3.63) is 65.2 Å². The third-order valence-corrected chi connectivity index (χ3v) is 5.38. The lowest BCUT2D eigenvalue weighted by Gasteiger charge is -2.20. The highest BCUT2D eigenvalue weighted by Gasteiger charge is 2.25. The van der Waals surface area contributed by atoms with Gasteiger partial charge in [-0.3, -0.25) is 4.79 Å². The van der Waals surface area contributed by atoms with Crippen molar-refractivity contribution in [3.63, 3.8) is 0 Å². The van der Waals surface area contributed by atoms with Crippen LogP contribution in [0.3, 0.4) is 0 Å². The van der Waals surface area contributed by atoms with Gasteiger partial charge in [0, 0.05) is 25.7 Å². The summed E-state index contributed by atoms with van der Waals surface area (Å²) in [5.74, 6) is 1.07. The summed E-state index contributed by atoms with van der Waals surface area (Å²) in [6, 6.07) is 15.3. The Morgan fingerprint density at radius 2 is 1.93 bits per heavy atom. The first-order chi connectivity index (χ1) is 13.4. The topological polar surface area (TPSA) is 75.8 Å². The van der Waals surface area contributed by atoms with Crippen molar-refractivity contribution in [1.82, 2.24) is 4.90 Å². The van der Waals surface area contributed by atoms with Crippen LogP contribution in [0.1, 0.15) is 46.8 Å². The number of aliphatic hydroxyl groups is 1. The van der Waals surface area contributed by atoms with E-state index in [1.165, 1.54) is 0 Å². The SMILES string of the molecule is CN(C)C(=O)c1ccc2c(c1)CC(C[C@H](O)COc1ccccc1)CCC2N.Cl. The minimum atomic E-state index is -0.533. The number of nitrogens with two attached hydrogens (primary N) is 1. The second kappa shape index (κ2) is 10.6. The third-order valence-electron chi connectivity index (χ3n) is 5.38. The molecule has 0 aliphatic heterocycles. The van der Waals surface area contributed by atoms with E-state index in [0.717, 1.165) is 36.1 Å². The first kappa shape index (κ1) is 23.2. The van der Waals surface area contributed by atoms with Crippen molar-refractivity contribution in [1.29, 1.82) is 0 Å².